The first-order valence-corrected chi connectivity index (χ1v) is 10.1. The van der Waals surface area contributed by atoms with Crippen LogP contribution < -0.4 is 16.0 Å². The third-order valence-electron chi connectivity index (χ3n) is 5.00. The lowest BCUT2D eigenvalue weighted by atomic mass is 9.87. The Morgan fingerprint density at radius 2 is 2.00 bits per heavy atom. The summed E-state index contributed by atoms with van der Waals surface area (Å²) in [6.07, 6.45) is 9.00. The maximum atomic E-state index is 11.7. The lowest BCUT2D eigenvalue weighted by molar-refractivity contribution is 0.0963. The van der Waals surface area contributed by atoms with Crippen LogP contribution in [0.25, 0.3) is 0 Å². The van der Waals surface area contributed by atoms with E-state index in [0.717, 1.165) is 43.5 Å². The van der Waals surface area contributed by atoms with Crippen molar-refractivity contribution < 1.29 is 4.79 Å². The topological polar surface area (TPSA) is 65.5 Å². The standard InChI is InChI=1S/C21H34N4O/c1-3-23-21(24-14-12-17-8-5-4-6-9-17)25-15-13-18-10-7-11-19(16-18)20(26)22-2/h7,10-11,16-17H,3-6,8-9,12-15H2,1-2H3,(H,22,26)(H2,23,24,25). The summed E-state index contributed by atoms with van der Waals surface area (Å²) in [6, 6.07) is 7.78. The fraction of sp³-hybridized carbons (Fsp3) is 0.619. The van der Waals surface area contributed by atoms with Crippen molar-refractivity contribution in [3.05, 3.63) is 35.4 Å². The first-order chi connectivity index (χ1) is 12.7. The predicted octanol–water partition coefficient (Wildman–Crippen LogP) is 3.11. The zero-order valence-corrected chi connectivity index (χ0v) is 16.3. The number of rotatable bonds is 8. The lowest BCUT2D eigenvalue weighted by Gasteiger charge is -2.20. The van der Waals surface area contributed by atoms with Crippen LogP contribution in [-0.2, 0) is 6.42 Å². The van der Waals surface area contributed by atoms with E-state index in [-0.39, 0.29) is 5.91 Å². The summed E-state index contributed by atoms with van der Waals surface area (Å²) in [5.41, 5.74) is 1.86. The summed E-state index contributed by atoms with van der Waals surface area (Å²) in [5.74, 6) is 1.71. The molecule has 1 aliphatic carbocycles. The van der Waals surface area contributed by atoms with Crippen LogP contribution in [0.2, 0.25) is 0 Å². The Morgan fingerprint density at radius 1 is 1.19 bits per heavy atom. The maximum Gasteiger partial charge on any atom is 0.251 e. The zero-order valence-electron chi connectivity index (χ0n) is 16.3. The quantitative estimate of drug-likeness (QED) is 0.494. The number of nitrogens with one attached hydrogen (secondary N) is 3. The Balaban J connectivity index is 1.78. The normalized spacial score (nSPS) is 15.5. The van der Waals surface area contributed by atoms with Crippen molar-refractivity contribution in [2.45, 2.75) is 51.9 Å². The summed E-state index contributed by atoms with van der Waals surface area (Å²) < 4.78 is 0. The monoisotopic (exact) mass is 358 g/mol. The highest BCUT2D eigenvalue weighted by Crippen LogP contribution is 2.26. The number of nitrogens with zero attached hydrogens (tertiary/aromatic N) is 1. The first-order valence-electron chi connectivity index (χ1n) is 10.1. The lowest BCUT2D eigenvalue weighted by Crippen LogP contribution is -2.38. The van der Waals surface area contributed by atoms with Gasteiger partial charge in [-0.05, 0) is 43.4 Å². The third-order valence-corrected chi connectivity index (χ3v) is 5.00. The van der Waals surface area contributed by atoms with E-state index in [1.807, 2.05) is 18.2 Å². The van der Waals surface area contributed by atoms with Gasteiger partial charge in [0.2, 0.25) is 0 Å². The molecule has 0 aromatic heterocycles. The molecule has 1 fully saturated rings. The second kappa shape index (κ2) is 11.6. The van der Waals surface area contributed by atoms with Gasteiger partial charge in [0.25, 0.3) is 5.91 Å². The van der Waals surface area contributed by atoms with Gasteiger partial charge in [-0.3, -0.25) is 9.79 Å². The summed E-state index contributed by atoms with van der Waals surface area (Å²) in [6.45, 7) is 4.64. The molecule has 0 aliphatic heterocycles. The van der Waals surface area contributed by atoms with Crippen molar-refractivity contribution in [3.63, 3.8) is 0 Å². The van der Waals surface area contributed by atoms with Gasteiger partial charge in [-0.1, -0.05) is 44.2 Å². The molecule has 0 bridgehead atoms. The highest BCUT2D eigenvalue weighted by atomic mass is 16.1. The van der Waals surface area contributed by atoms with Gasteiger partial charge in [-0.2, -0.15) is 0 Å². The number of carbonyl (C=O) groups is 1. The van der Waals surface area contributed by atoms with E-state index in [4.69, 9.17) is 4.99 Å². The van der Waals surface area contributed by atoms with Crippen molar-refractivity contribution in [1.29, 1.82) is 0 Å². The van der Waals surface area contributed by atoms with E-state index in [1.165, 1.54) is 38.5 Å². The number of carbonyl (C=O) groups excluding carboxylic acids is 1. The Kier molecular flexibility index (Phi) is 9.01. The van der Waals surface area contributed by atoms with Crippen LogP contribution >= 0.6 is 0 Å². The van der Waals surface area contributed by atoms with Crippen molar-refractivity contribution in [2.24, 2.45) is 10.9 Å². The Labute approximate surface area is 158 Å². The van der Waals surface area contributed by atoms with E-state index < -0.39 is 0 Å². The molecule has 1 amide bonds. The number of guanidine groups is 1. The highest BCUT2D eigenvalue weighted by Gasteiger charge is 2.12. The van der Waals surface area contributed by atoms with Crippen molar-refractivity contribution >= 4 is 11.9 Å². The smallest absolute Gasteiger partial charge is 0.251 e. The van der Waals surface area contributed by atoms with Gasteiger partial charge in [-0.15, -0.1) is 0 Å². The van der Waals surface area contributed by atoms with E-state index >= 15 is 0 Å². The van der Waals surface area contributed by atoms with Crippen LogP contribution in [0.5, 0.6) is 0 Å². The minimum atomic E-state index is -0.0441. The van der Waals surface area contributed by atoms with E-state index in [2.05, 4.69) is 28.9 Å². The van der Waals surface area contributed by atoms with Gasteiger partial charge >= 0.3 is 0 Å². The minimum absolute atomic E-state index is 0.0441. The van der Waals surface area contributed by atoms with Crippen LogP contribution in [0.15, 0.2) is 29.3 Å². The molecule has 0 heterocycles. The summed E-state index contributed by atoms with van der Waals surface area (Å²) in [4.78, 5) is 16.5. The van der Waals surface area contributed by atoms with Crippen molar-refractivity contribution in [2.75, 3.05) is 26.7 Å². The van der Waals surface area contributed by atoms with Crippen LogP contribution in [-0.4, -0.2) is 38.5 Å². The molecular formula is C21H34N4O. The Hall–Kier alpha value is -2.04. The fourth-order valence-corrected chi connectivity index (χ4v) is 3.51. The van der Waals surface area contributed by atoms with E-state index in [1.54, 1.807) is 7.05 Å². The summed E-state index contributed by atoms with van der Waals surface area (Å²) in [5, 5.41) is 9.39. The second-order valence-electron chi connectivity index (χ2n) is 7.01. The van der Waals surface area contributed by atoms with Crippen molar-refractivity contribution in [1.82, 2.24) is 16.0 Å². The third kappa shape index (κ3) is 7.06. The molecule has 0 spiro atoms. The number of aliphatic imine (C=N–C) groups is 1. The molecule has 0 atom stereocenters. The van der Waals surface area contributed by atoms with E-state index in [9.17, 15) is 4.79 Å². The molecule has 2 rings (SSSR count). The summed E-state index contributed by atoms with van der Waals surface area (Å²) >= 11 is 0. The van der Waals surface area contributed by atoms with Gasteiger partial charge in [-0.25, -0.2) is 0 Å². The van der Waals surface area contributed by atoms with Crippen molar-refractivity contribution in [3.8, 4) is 0 Å². The molecule has 5 nitrogen and oxygen atoms in total. The maximum absolute atomic E-state index is 11.7. The number of benzene rings is 1. The molecule has 26 heavy (non-hydrogen) atoms. The average molecular weight is 359 g/mol. The van der Waals surface area contributed by atoms with E-state index in [0.29, 0.717) is 5.56 Å². The molecule has 5 heteroatoms. The summed E-state index contributed by atoms with van der Waals surface area (Å²) in [7, 11) is 1.66. The fourth-order valence-electron chi connectivity index (χ4n) is 3.51. The molecule has 0 radical (unpaired) electrons. The van der Waals surface area contributed by atoms with Gasteiger partial charge < -0.3 is 16.0 Å². The minimum Gasteiger partial charge on any atom is -0.357 e. The zero-order chi connectivity index (χ0) is 18.6. The molecular weight excluding hydrogens is 324 g/mol. The van der Waals surface area contributed by atoms with Crippen LogP contribution in [0.4, 0.5) is 0 Å². The highest BCUT2D eigenvalue weighted by molar-refractivity contribution is 5.94. The van der Waals surface area contributed by atoms with Gasteiger partial charge in [0, 0.05) is 32.2 Å². The molecule has 3 N–H and O–H groups in total. The molecule has 0 saturated heterocycles. The molecule has 1 saturated carbocycles. The Bertz CT molecular complexity index is 579. The van der Waals surface area contributed by atoms with Crippen LogP contribution in [0.1, 0.15) is 61.4 Å². The molecule has 1 aliphatic rings. The largest absolute Gasteiger partial charge is 0.357 e. The average Bonchev–Trinajstić information content (AvgIpc) is 2.68. The van der Waals surface area contributed by atoms with Gasteiger partial charge in [0.15, 0.2) is 5.96 Å². The number of hydrogen-bond donors (Lipinski definition) is 3. The molecule has 0 unspecified atom stereocenters. The molecule has 1 aromatic rings. The van der Waals surface area contributed by atoms with Gasteiger partial charge in [0.05, 0.1) is 0 Å². The van der Waals surface area contributed by atoms with Crippen LogP contribution in [0.3, 0.4) is 0 Å². The molecule has 144 valence electrons. The Morgan fingerprint density at radius 3 is 2.73 bits per heavy atom. The number of amides is 1. The number of hydrogen-bond acceptors (Lipinski definition) is 2. The predicted molar refractivity (Wildman–Crippen MR) is 109 cm³/mol. The SMILES string of the molecule is CCNC(=NCCC1CCCCC1)NCCc1cccc(C(=O)NC)c1. The molecule has 1 aromatic carbocycles. The van der Waals surface area contributed by atoms with Crippen LogP contribution in [0, 0.1) is 5.92 Å². The van der Waals surface area contributed by atoms with Gasteiger partial charge in [0.1, 0.15) is 0 Å². The first kappa shape index (κ1) is 20.3. The second-order valence-corrected chi connectivity index (χ2v) is 7.01.